The summed E-state index contributed by atoms with van der Waals surface area (Å²) in [7, 11) is 0.961. The number of benzene rings is 3. The van der Waals surface area contributed by atoms with Crippen molar-refractivity contribution in [3.63, 3.8) is 0 Å². The average Bonchev–Trinajstić information content (AvgIpc) is 3.05. The summed E-state index contributed by atoms with van der Waals surface area (Å²) in [6.45, 7) is 4.35. The number of rotatable bonds is 10. The first-order valence-electron chi connectivity index (χ1n) is 15.6. The van der Waals surface area contributed by atoms with Gasteiger partial charge in [-0.15, -0.1) is 0 Å². The maximum atomic E-state index is 14.0. The summed E-state index contributed by atoms with van der Waals surface area (Å²) >= 11 is 0. The summed E-state index contributed by atoms with van der Waals surface area (Å²) in [5, 5.41) is 0. The van der Waals surface area contributed by atoms with E-state index in [0.29, 0.717) is 17.7 Å². The number of hydrogen-bond donors (Lipinski definition) is 0. The van der Waals surface area contributed by atoms with Crippen LogP contribution >= 0.6 is 0 Å². The molecule has 4 rings (SSSR count). The third-order valence-corrected chi connectivity index (χ3v) is 8.34. The van der Waals surface area contributed by atoms with Gasteiger partial charge in [0.2, 0.25) is 5.60 Å². The molecule has 49 heavy (non-hydrogen) atoms. The van der Waals surface area contributed by atoms with Gasteiger partial charge in [0.1, 0.15) is 5.60 Å². The minimum Gasteiger partial charge on any atom is -0.467 e. The number of carbonyl (C=O) groups is 2. The maximum Gasteiger partial charge on any atom is 0.416 e. The lowest BCUT2D eigenvalue weighted by Crippen LogP contribution is -2.52. The van der Waals surface area contributed by atoms with Gasteiger partial charge in [0.25, 0.3) is 0 Å². The molecule has 3 aromatic carbocycles. The van der Waals surface area contributed by atoms with Crippen LogP contribution in [0.5, 0.6) is 0 Å². The Bertz CT molecular complexity index is 1530. The first-order valence-corrected chi connectivity index (χ1v) is 15.6. The van der Waals surface area contributed by atoms with E-state index in [1.54, 1.807) is 69.3 Å². The predicted octanol–water partition coefficient (Wildman–Crippen LogP) is 8.29. The number of halogens is 6. The fourth-order valence-corrected chi connectivity index (χ4v) is 5.70. The predicted molar refractivity (Wildman–Crippen MR) is 167 cm³/mol. The number of hydrogen-bond acceptors (Lipinski definition) is 6. The Morgan fingerprint density at radius 2 is 1.29 bits per heavy atom. The van der Waals surface area contributed by atoms with Crippen LogP contribution in [0.15, 0.2) is 78.9 Å². The van der Waals surface area contributed by atoms with Gasteiger partial charge in [-0.2, -0.15) is 26.3 Å². The third kappa shape index (κ3) is 9.33. The van der Waals surface area contributed by atoms with Gasteiger partial charge in [-0.05, 0) is 68.5 Å². The molecule has 1 unspecified atom stereocenters. The highest BCUT2D eigenvalue weighted by atomic mass is 19.4. The van der Waals surface area contributed by atoms with Crippen molar-refractivity contribution in [2.75, 3.05) is 33.4 Å². The second-order valence-electron chi connectivity index (χ2n) is 13.0. The van der Waals surface area contributed by atoms with E-state index < -0.39 is 64.3 Å². The van der Waals surface area contributed by atoms with Crippen LogP contribution in [0.3, 0.4) is 0 Å². The molecule has 1 aliphatic heterocycles. The van der Waals surface area contributed by atoms with Gasteiger partial charge < -0.3 is 23.8 Å². The second kappa shape index (κ2) is 14.8. The molecule has 7 nitrogen and oxygen atoms in total. The number of alkyl halides is 6. The van der Waals surface area contributed by atoms with E-state index in [2.05, 4.69) is 0 Å². The molecule has 0 aromatic heterocycles. The number of ether oxygens (including phenoxy) is 4. The van der Waals surface area contributed by atoms with Gasteiger partial charge >= 0.3 is 24.4 Å². The number of nitrogens with zero attached hydrogens (tertiary/aromatic N) is 1. The maximum absolute atomic E-state index is 14.0. The standard InChI is InChI=1S/C36H39F6NO6/c1-32(2,3)49-31(45)43-17-15-33(16-18-43,26-13-9-6-10-14-26)23-48-34(30(44)46-4,24-47-22-25-11-7-5-8-12-25)27-19-28(35(37,38)39)21-29(20-27)36(40,41)42/h5-14,19-21H,15-18,22-24H2,1-4H3. The summed E-state index contributed by atoms with van der Waals surface area (Å²) in [5.74, 6) is -1.25. The number of amides is 1. The zero-order chi connectivity index (χ0) is 36.1. The fourth-order valence-electron chi connectivity index (χ4n) is 5.70. The molecule has 0 radical (unpaired) electrons. The first-order chi connectivity index (χ1) is 22.9. The molecular formula is C36H39F6NO6. The molecule has 13 heteroatoms. The van der Waals surface area contributed by atoms with Crippen molar-refractivity contribution in [1.29, 1.82) is 0 Å². The highest BCUT2D eigenvalue weighted by Gasteiger charge is 2.49. The molecule has 1 atom stereocenters. The van der Waals surface area contributed by atoms with Crippen LogP contribution in [0.4, 0.5) is 31.1 Å². The summed E-state index contributed by atoms with van der Waals surface area (Å²) in [6, 6.07) is 18.4. The van der Waals surface area contributed by atoms with Crippen molar-refractivity contribution in [2.45, 2.75) is 69.2 Å². The quantitative estimate of drug-likeness (QED) is 0.157. The van der Waals surface area contributed by atoms with Crippen LogP contribution in [0.25, 0.3) is 0 Å². The molecule has 0 bridgehead atoms. The Balaban J connectivity index is 1.80. The minimum absolute atomic E-state index is 0.0196. The van der Waals surface area contributed by atoms with Crippen LogP contribution < -0.4 is 0 Å². The van der Waals surface area contributed by atoms with Crippen molar-refractivity contribution < 1.29 is 54.9 Å². The summed E-state index contributed by atoms with van der Waals surface area (Å²) < 4.78 is 107. The molecule has 1 fully saturated rings. The Morgan fingerprint density at radius 3 is 1.78 bits per heavy atom. The monoisotopic (exact) mass is 695 g/mol. The summed E-state index contributed by atoms with van der Waals surface area (Å²) in [4.78, 5) is 28.1. The number of carbonyl (C=O) groups excluding carboxylic acids is 2. The van der Waals surface area contributed by atoms with Gasteiger partial charge in [0, 0.05) is 18.5 Å². The van der Waals surface area contributed by atoms with Crippen LogP contribution in [0.2, 0.25) is 0 Å². The van der Waals surface area contributed by atoms with Gasteiger partial charge in [0.05, 0.1) is 38.1 Å². The molecule has 3 aromatic rings. The Morgan fingerprint density at radius 1 is 0.776 bits per heavy atom. The zero-order valence-electron chi connectivity index (χ0n) is 27.6. The molecular weight excluding hydrogens is 656 g/mol. The molecule has 0 spiro atoms. The van der Waals surface area contributed by atoms with E-state index in [-0.39, 0.29) is 45.2 Å². The molecule has 0 aliphatic carbocycles. The number of likely N-dealkylation sites (tertiary alicyclic amines) is 1. The molecule has 1 heterocycles. The van der Waals surface area contributed by atoms with E-state index in [9.17, 15) is 35.9 Å². The topological polar surface area (TPSA) is 74.3 Å². The zero-order valence-corrected chi connectivity index (χ0v) is 27.6. The van der Waals surface area contributed by atoms with E-state index in [4.69, 9.17) is 18.9 Å². The van der Waals surface area contributed by atoms with Crippen molar-refractivity contribution in [2.24, 2.45) is 0 Å². The first kappa shape index (κ1) is 37.7. The summed E-state index contributed by atoms with van der Waals surface area (Å²) in [5.41, 5.74) is -6.83. The smallest absolute Gasteiger partial charge is 0.416 e. The molecule has 266 valence electrons. The lowest BCUT2D eigenvalue weighted by Gasteiger charge is -2.44. The van der Waals surface area contributed by atoms with Crippen molar-refractivity contribution in [1.82, 2.24) is 4.90 Å². The number of piperidine rings is 1. The Kier molecular flexibility index (Phi) is 11.4. The molecule has 0 N–H and O–H groups in total. The van der Waals surface area contributed by atoms with Crippen LogP contribution in [-0.4, -0.2) is 56.0 Å². The largest absolute Gasteiger partial charge is 0.467 e. The summed E-state index contributed by atoms with van der Waals surface area (Å²) in [6.07, 6.45) is -10.4. The fraction of sp³-hybridized carbons (Fsp3) is 0.444. The average molecular weight is 696 g/mol. The second-order valence-corrected chi connectivity index (χ2v) is 13.0. The van der Waals surface area contributed by atoms with Gasteiger partial charge in [-0.1, -0.05) is 60.7 Å². The van der Waals surface area contributed by atoms with Gasteiger partial charge in [-0.25, -0.2) is 9.59 Å². The third-order valence-electron chi connectivity index (χ3n) is 8.34. The highest BCUT2D eigenvalue weighted by molar-refractivity contribution is 5.82. The van der Waals surface area contributed by atoms with E-state index >= 15 is 0 Å². The minimum atomic E-state index is -5.19. The van der Waals surface area contributed by atoms with Crippen molar-refractivity contribution in [3.05, 3.63) is 107 Å². The lowest BCUT2D eigenvalue weighted by molar-refractivity contribution is -0.187. The van der Waals surface area contributed by atoms with Crippen LogP contribution in [-0.2, 0) is 53.7 Å². The number of esters is 1. The Labute approximate surface area is 281 Å². The van der Waals surface area contributed by atoms with Gasteiger partial charge in [-0.3, -0.25) is 0 Å². The Hall–Kier alpha value is -4.10. The number of methoxy groups -OCH3 is 1. The van der Waals surface area contributed by atoms with Crippen molar-refractivity contribution >= 4 is 12.1 Å². The molecule has 0 saturated carbocycles. The lowest BCUT2D eigenvalue weighted by atomic mass is 9.73. The highest BCUT2D eigenvalue weighted by Crippen LogP contribution is 2.43. The van der Waals surface area contributed by atoms with Gasteiger partial charge in [0.15, 0.2) is 0 Å². The SMILES string of the molecule is COC(=O)C(COCc1ccccc1)(OCC1(c2ccccc2)CCN(C(=O)OC(C)(C)C)CC1)c1cc(C(F)(F)F)cc(C(F)(F)F)c1. The molecule has 1 saturated heterocycles. The van der Waals surface area contributed by atoms with E-state index in [1.807, 2.05) is 12.1 Å². The van der Waals surface area contributed by atoms with E-state index in [1.165, 1.54) is 4.90 Å². The van der Waals surface area contributed by atoms with Crippen molar-refractivity contribution in [3.8, 4) is 0 Å². The molecule has 1 amide bonds. The van der Waals surface area contributed by atoms with Crippen LogP contribution in [0, 0.1) is 0 Å². The van der Waals surface area contributed by atoms with E-state index in [0.717, 1.165) is 12.7 Å². The molecule has 1 aliphatic rings. The van der Waals surface area contributed by atoms with Crippen LogP contribution in [0.1, 0.15) is 61.4 Å². The normalized spacial score (nSPS) is 16.5.